The number of amides is 1. The quantitative estimate of drug-likeness (QED) is 0.561. The Kier molecular flexibility index (Phi) is 6.22. The van der Waals surface area contributed by atoms with Crippen LogP contribution in [0.4, 0.5) is 10.2 Å². The molecule has 1 saturated heterocycles. The summed E-state index contributed by atoms with van der Waals surface area (Å²) in [5.74, 6) is 1.06. The third-order valence-electron chi connectivity index (χ3n) is 5.42. The number of hydrogen-bond acceptors (Lipinski definition) is 6. The first-order valence-corrected chi connectivity index (χ1v) is 10.7. The predicted molar refractivity (Wildman–Crippen MR) is 115 cm³/mol. The molecule has 0 aliphatic carbocycles. The molecule has 3 aromatic rings. The number of carbonyl (C=O) groups excluding carboxylic acids is 1. The topological polar surface area (TPSA) is 84.6 Å². The first kappa shape index (κ1) is 21.3. The van der Waals surface area contributed by atoms with Gasteiger partial charge in [-0.05, 0) is 30.9 Å². The molecule has 1 N–H and O–H groups in total. The number of hydrogen-bond donors (Lipinski definition) is 1. The largest absolute Gasteiger partial charge is 0.481 e. The van der Waals surface area contributed by atoms with Crippen LogP contribution in [0.1, 0.15) is 41.7 Å². The van der Waals surface area contributed by atoms with Gasteiger partial charge in [0.2, 0.25) is 5.88 Å². The minimum atomic E-state index is -0.410. The van der Waals surface area contributed by atoms with Crippen LogP contribution in [0.2, 0.25) is 0 Å². The van der Waals surface area contributed by atoms with E-state index in [4.69, 9.17) is 21.3 Å². The number of pyridine rings is 1. The number of aromatic nitrogens is 4. The number of nitrogens with one attached hydrogen (secondary N) is 1. The summed E-state index contributed by atoms with van der Waals surface area (Å²) in [6.07, 6.45) is 6.16. The highest BCUT2D eigenvalue weighted by Crippen LogP contribution is 2.38. The molecule has 1 fully saturated rings. The first-order chi connectivity index (χ1) is 15.0. The highest BCUT2D eigenvalue weighted by Gasteiger charge is 2.31. The van der Waals surface area contributed by atoms with Gasteiger partial charge in [0.15, 0.2) is 5.65 Å². The number of nitrogens with zero attached hydrogens (tertiary/aromatic N) is 5. The Balaban J connectivity index is 1.65. The number of ether oxygens (including phenoxy) is 1. The summed E-state index contributed by atoms with van der Waals surface area (Å²) in [4.78, 5) is 23.5. The minimum absolute atomic E-state index is 0.127. The molecule has 4 heterocycles. The lowest BCUT2D eigenvalue weighted by Gasteiger charge is -2.27. The highest BCUT2D eigenvalue weighted by atomic mass is 35.5. The second-order valence-corrected chi connectivity index (χ2v) is 7.99. The van der Waals surface area contributed by atoms with E-state index in [9.17, 15) is 9.18 Å². The first-order valence-electron chi connectivity index (χ1n) is 10.2. The molecule has 0 aromatic carbocycles. The van der Waals surface area contributed by atoms with Gasteiger partial charge in [0, 0.05) is 30.7 Å². The van der Waals surface area contributed by atoms with Crippen molar-refractivity contribution < 1.29 is 13.9 Å². The van der Waals surface area contributed by atoms with Gasteiger partial charge in [-0.15, -0.1) is 11.6 Å². The molecule has 2 atom stereocenters. The van der Waals surface area contributed by atoms with Crippen molar-refractivity contribution in [1.82, 2.24) is 24.9 Å². The molecule has 31 heavy (non-hydrogen) atoms. The molecular formula is C21H24ClFN6O2. The van der Waals surface area contributed by atoms with E-state index in [1.165, 1.54) is 19.4 Å². The van der Waals surface area contributed by atoms with Crippen LogP contribution in [0.15, 0.2) is 30.7 Å². The molecule has 1 aliphatic heterocycles. The second-order valence-electron chi connectivity index (χ2n) is 7.69. The van der Waals surface area contributed by atoms with Crippen LogP contribution in [0.5, 0.6) is 5.88 Å². The van der Waals surface area contributed by atoms with Gasteiger partial charge in [-0.3, -0.25) is 4.79 Å². The Morgan fingerprint density at radius 3 is 3.06 bits per heavy atom. The molecule has 3 aromatic heterocycles. The standard InChI is InChI=1S/C21H24ClFN6O2/c1-13(9-22)10-24-20(30)16-12-26-29-7-5-18(27-19(16)29)28-6-3-4-17(28)15-8-14(23)11-25-21(15)31-2/h5,7-8,11-13,17H,3-4,6,9-10H2,1-2H3,(H,24,30)/t13-,17-/m1/s1. The van der Waals surface area contributed by atoms with E-state index < -0.39 is 5.82 Å². The van der Waals surface area contributed by atoms with Crippen LogP contribution < -0.4 is 15.0 Å². The van der Waals surface area contributed by atoms with E-state index in [0.29, 0.717) is 40.9 Å². The van der Waals surface area contributed by atoms with E-state index in [0.717, 1.165) is 25.6 Å². The van der Waals surface area contributed by atoms with Gasteiger partial charge >= 0.3 is 0 Å². The van der Waals surface area contributed by atoms with E-state index in [1.54, 1.807) is 10.7 Å². The van der Waals surface area contributed by atoms with Crippen LogP contribution >= 0.6 is 11.6 Å². The van der Waals surface area contributed by atoms with E-state index in [1.807, 2.05) is 13.0 Å². The van der Waals surface area contributed by atoms with Gasteiger partial charge in [-0.25, -0.2) is 18.9 Å². The number of rotatable bonds is 7. The zero-order chi connectivity index (χ0) is 22.0. The van der Waals surface area contributed by atoms with Crippen molar-refractivity contribution in [3.63, 3.8) is 0 Å². The highest BCUT2D eigenvalue weighted by molar-refractivity contribution is 6.18. The number of methoxy groups -OCH3 is 1. The van der Waals surface area contributed by atoms with Crippen molar-refractivity contribution >= 4 is 29.0 Å². The maximum Gasteiger partial charge on any atom is 0.256 e. The summed E-state index contributed by atoms with van der Waals surface area (Å²) in [5.41, 5.74) is 1.54. The van der Waals surface area contributed by atoms with Crippen LogP contribution in [-0.4, -0.2) is 51.6 Å². The van der Waals surface area contributed by atoms with Crippen LogP contribution in [0, 0.1) is 11.7 Å². The zero-order valence-corrected chi connectivity index (χ0v) is 18.1. The number of halogens is 2. The summed E-state index contributed by atoms with van der Waals surface area (Å²) in [7, 11) is 1.52. The lowest BCUT2D eigenvalue weighted by molar-refractivity contribution is 0.0950. The lowest BCUT2D eigenvalue weighted by Crippen LogP contribution is -2.29. The third-order valence-corrected chi connectivity index (χ3v) is 5.95. The number of alkyl halides is 1. The average molecular weight is 447 g/mol. The van der Waals surface area contributed by atoms with E-state index in [2.05, 4.69) is 20.3 Å². The number of anilines is 1. The summed E-state index contributed by atoms with van der Waals surface area (Å²) in [5, 5.41) is 7.12. The van der Waals surface area contributed by atoms with Crippen molar-refractivity contribution in [3.8, 4) is 5.88 Å². The fourth-order valence-electron chi connectivity index (χ4n) is 3.81. The van der Waals surface area contributed by atoms with Gasteiger partial charge in [-0.1, -0.05) is 6.92 Å². The Labute approximate surface area is 184 Å². The van der Waals surface area contributed by atoms with Gasteiger partial charge < -0.3 is 15.0 Å². The van der Waals surface area contributed by atoms with Gasteiger partial charge in [0.05, 0.1) is 25.5 Å². The predicted octanol–water partition coefficient (Wildman–Crippen LogP) is 3.22. The third kappa shape index (κ3) is 4.27. The molecule has 0 spiro atoms. The summed E-state index contributed by atoms with van der Waals surface area (Å²) >= 11 is 5.82. The maximum absolute atomic E-state index is 13.9. The van der Waals surface area contributed by atoms with Gasteiger partial charge in [-0.2, -0.15) is 5.10 Å². The van der Waals surface area contributed by atoms with E-state index in [-0.39, 0.29) is 17.9 Å². The fourth-order valence-corrected chi connectivity index (χ4v) is 3.92. The van der Waals surface area contributed by atoms with Gasteiger partial charge in [0.1, 0.15) is 17.2 Å². The molecule has 1 amide bonds. The molecule has 8 nitrogen and oxygen atoms in total. The molecule has 4 rings (SSSR count). The fraction of sp³-hybridized carbons (Fsp3) is 0.429. The summed E-state index contributed by atoms with van der Waals surface area (Å²) in [6.45, 7) is 3.18. The maximum atomic E-state index is 13.9. The van der Waals surface area contributed by atoms with Crippen molar-refractivity contribution in [2.75, 3.05) is 31.0 Å². The molecule has 0 unspecified atom stereocenters. The van der Waals surface area contributed by atoms with Crippen LogP contribution in [0.25, 0.3) is 5.65 Å². The Bertz CT molecular complexity index is 1090. The Morgan fingerprint density at radius 1 is 1.45 bits per heavy atom. The van der Waals surface area contributed by atoms with Crippen LogP contribution in [0.3, 0.4) is 0 Å². The Morgan fingerprint density at radius 2 is 2.29 bits per heavy atom. The molecule has 10 heteroatoms. The average Bonchev–Trinajstić information content (AvgIpc) is 3.43. The molecule has 0 saturated carbocycles. The Hall–Kier alpha value is -2.94. The minimum Gasteiger partial charge on any atom is -0.481 e. The second kappa shape index (κ2) is 9.05. The molecule has 164 valence electrons. The number of carbonyl (C=O) groups is 1. The molecule has 0 radical (unpaired) electrons. The molecule has 0 bridgehead atoms. The SMILES string of the molecule is COc1ncc(F)cc1[C@H]1CCCN1c1ccn2ncc(C(=O)NC[C@H](C)CCl)c2n1. The number of fused-ring (bicyclic) bond motifs is 1. The monoisotopic (exact) mass is 446 g/mol. The molecular weight excluding hydrogens is 423 g/mol. The van der Waals surface area contributed by atoms with Crippen LogP contribution in [-0.2, 0) is 0 Å². The summed E-state index contributed by atoms with van der Waals surface area (Å²) in [6, 6.07) is 3.18. The lowest BCUT2D eigenvalue weighted by atomic mass is 10.1. The van der Waals surface area contributed by atoms with Crippen molar-refractivity contribution in [3.05, 3.63) is 47.7 Å². The van der Waals surface area contributed by atoms with Gasteiger partial charge in [0.25, 0.3) is 5.91 Å². The normalized spacial score (nSPS) is 17.2. The zero-order valence-electron chi connectivity index (χ0n) is 17.4. The molecule has 1 aliphatic rings. The smallest absolute Gasteiger partial charge is 0.256 e. The van der Waals surface area contributed by atoms with Crippen molar-refractivity contribution in [1.29, 1.82) is 0 Å². The van der Waals surface area contributed by atoms with E-state index >= 15 is 0 Å². The van der Waals surface area contributed by atoms with Crippen molar-refractivity contribution in [2.45, 2.75) is 25.8 Å². The van der Waals surface area contributed by atoms with Crippen molar-refractivity contribution in [2.24, 2.45) is 5.92 Å². The summed E-state index contributed by atoms with van der Waals surface area (Å²) < 4.78 is 20.8.